The summed E-state index contributed by atoms with van der Waals surface area (Å²) in [6.45, 7) is 21.8. The second-order valence-corrected chi connectivity index (χ2v) is 29.0. The number of ether oxygens (including phenoxy) is 16. The van der Waals surface area contributed by atoms with Crippen LogP contribution in [0.25, 0.3) is 11.1 Å². The van der Waals surface area contributed by atoms with Gasteiger partial charge < -0.3 is 75.8 Å². The van der Waals surface area contributed by atoms with Crippen LogP contribution < -0.4 is 37.9 Å². The Morgan fingerprint density at radius 3 is 1.09 bits per heavy atom. The van der Waals surface area contributed by atoms with Gasteiger partial charge in [0.1, 0.15) is 135 Å². The van der Waals surface area contributed by atoms with Crippen molar-refractivity contribution < 1.29 is 75.8 Å². The third-order valence-corrected chi connectivity index (χ3v) is 20.8. The van der Waals surface area contributed by atoms with Crippen molar-refractivity contribution in [2.75, 3.05) is 92.5 Å². The van der Waals surface area contributed by atoms with E-state index in [2.05, 4.69) is 175 Å². The van der Waals surface area contributed by atoms with Crippen molar-refractivity contribution in [3.05, 3.63) is 225 Å². The Labute approximate surface area is 572 Å². The van der Waals surface area contributed by atoms with Gasteiger partial charge in [-0.15, -0.1) is 0 Å². The van der Waals surface area contributed by atoms with Crippen molar-refractivity contribution in [3.63, 3.8) is 0 Å². The molecule has 0 aromatic heterocycles. The molecule has 8 aromatic rings. The van der Waals surface area contributed by atoms with Gasteiger partial charge in [0.15, 0.2) is 0 Å². The van der Waals surface area contributed by atoms with Crippen LogP contribution in [-0.2, 0) is 59.6 Å². The van der Waals surface area contributed by atoms with Crippen LogP contribution in [0.2, 0.25) is 0 Å². The molecule has 8 aliphatic heterocycles. The first-order valence-corrected chi connectivity index (χ1v) is 34.8. The molecule has 1 aliphatic carbocycles. The van der Waals surface area contributed by atoms with Crippen molar-refractivity contribution in [2.45, 2.75) is 125 Å². The minimum absolute atomic E-state index is 0.00410. The summed E-state index contributed by atoms with van der Waals surface area (Å²) >= 11 is 0. The van der Waals surface area contributed by atoms with E-state index >= 15 is 0 Å². The largest absolute Gasteiger partial charge is 0.491 e. The highest BCUT2D eigenvalue weighted by Gasteiger charge is 2.49. The van der Waals surface area contributed by atoms with E-state index in [4.69, 9.17) is 75.8 Å². The van der Waals surface area contributed by atoms with E-state index in [0.717, 1.165) is 97.8 Å². The summed E-state index contributed by atoms with van der Waals surface area (Å²) in [5, 5.41) is 0. The van der Waals surface area contributed by atoms with Crippen LogP contribution in [0.3, 0.4) is 0 Å². The molecule has 9 unspecified atom stereocenters. The predicted octanol–water partition coefficient (Wildman–Crippen LogP) is 13.3. The summed E-state index contributed by atoms with van der Waals surface area (Å²) in [5.74, 6) is 5.93. The number of fused-ring (bicyclic) bond motifs is 3. The zero-order valence-corrected chi connectivity index (χ0v) is 56.4. The number of benzene rings is 8. The molecule has 98 heavy (non-hydrogen) atoms. The van der Waals surface area contributed by atoms with Crippen LogP contribution in [-0.4, -0.2) is 142 Å². The smallest absolute Gasteiger partial charge is 0.203 e. The number of epoxide rings is 7. The Balaban J connectivity index is 0.693. The topological polar surface area (TPSA) is 171 Å². The van der Waals surface area contributed by atoms with Crippen LogP contribution in [0.4, 0.5) is 0 Å². The minimum atomic E-state index is -0.668. The van der Waals surface area contributed by atoms with Crippen molar-refractivity contribution in [1.29, 1.82) is 0 Å². The maximum absolute atomic E-state index is 6.91. The summed E-state index contributed by atoms with van der Waals surface area (Å²) in [6.07, 6.45) is 0.521. The van der Waals surface area contributed by atoms with Gasteiger partial charge in [-0.2, -0.15) is 0 Å². The molecule has 8 aromatic carbocycles. The fourth-order valence-corrected chi connectivity index (χ4v) is 14.1. The summed E-state index contributed by atoms with van der Waals surface area (Å²) in [7, 11) is 0. The fourth-order valence-electron chi connectivity index (χ4n) is 14.1. The summed E-state index contributed by atoms with van der Waals surface area (Å²) in [5.41, 5.74) is 11.9. The van der Waals surface area contributed by atoms with Gasteiger partial charge in [-0.25, -0.2) is 0 Å². The molecule has 8 saturated heterocycles. The molecule has 8 heterocycles. The van der Waals surface area contributed by atoms with Crippen LogP contribution in [0.1, 0.15) is 115 Å². The third kappa shape index (κ3) is 13.2. The monoisotopic (exact) mass is 1320 g/mol. The molecule has 17 rings (SSSR count). The maximum atomic E-state index is 6.91. The first-order chi connectivity index (χ1) is 47.7. The predicted molar refractivity (Wildman–Crippen MR) is 365 cm³/mol. The zero-order valence-electron chi connectivity index (χ0n) is 56.4. The number of hydrogen-bond donors (Lipinski definition) is 0. The highest BCUT2D eigenvalue weighted by Crippen LogP contribution is 2.59. The number of rotatable bonds is 32. The fraction of sp³-hybridized carbons (Fsp3) is 0.415. The molecule has 0 amide bonds. The van der Waals surface area contributed by atoms with Crippen LogP contribution in [0.5, 0.6) is 46.0 Å². The van der Waals surface area contributed by atoms with Crippen LogP contribution >= 0.6 is 0 Å². The number of hydrogen-bond acceptors (Lipinski definition) is 16. The lowest BCUT2D eigenvalue weighted by Crippen LogP contribution is -2.36. The van der Waals surface area contributed by atoms with Gasteiger partial charge in [0, 0.05) is 57.6 Å². The molecule has 0 spiro atoms. The van der Waals surface area contributed by atoms with E-state index in [1.807, 2.05) is 30.3 Å². The second-order valence-electron chi connectivity index (χ2n) is 29.0. The standard InChI is InChI=1S/C82H84O16/c1-79(2,69-25-22-56(85-37-61-41-89-61)31-74(69)94-46-63-43-91-63)51-28-52(80(3,4)70-26-23-57(86-38-62-42-90-62)32-75(70)95-47-64-44-92-64)30-53(29-51)81(5,6)71-27-24-58(33-76(71)96-48-65-45-93-65)97-77-34-73(98-77)67-11-9-13-72-78(67)66-10-7-8-12-68(66)82(72,49-14-18-54(19-15-49)83-35-59-39-87-59)50-16-20-55(21-17-50)84-36-60-40-88-60/h7-33,59-65,73,77H,34-48H2,1-6H3. The average Bonchev–Trinajstić information content (AvgIpc) is 1.53. The Kier molecular flexibility index (Phi) is 16.5. The summed E-state index contributed by atoms with van der Waals surface area (Å²) < 4.78 is 97.9. The van der Waals surface area contributed by atoms with E-state index in [-0.39, 0.29) is 48.8 Å². The zero-order chi connectivity index (χ0) is 66.3. The van der Waals surface area contributed by atoms with E-state index in [1.54, 1.807) is 0 Å². The molecule has 16 nitrogen and oxygen atoms in total. The molecule has 0 N–H and O–H groups in total. The first-order valence-electron chi connectivity index (χ1n) is 34.8. The van der Waals surface area contributed by atoms with Gasteiger partial charge >= 0.3 is 0 Å². The molecular weight excluding hydrogens is 1240 g/mol. The Hall–Kier alpha value is -8.16. The van der Waals surface area contributed by atoms with Crippen molar-refractivity contribution in [1.82, 2.24) is 0 Å². The molecule has 9 atom stereocenters. The highest BCUT2D eigenvalue weighted by molar-refractivity contribution is 5.88. The van der Waals surface area contributed by atoms with Crippen LogP contribution in [0.15, 0.2) is 164 Å². The van der Waals surface area contributed by atoms with Crippen LogP contribution in [0, 0.1) is 0 Å². The molecule has 0 radical (unpaired) electrons. The van der Waals surface area contributed by atoms with E-state index < -0.39 is 27.9 Å². The van der Waals surface area contributed by atoms with Crippen molar-refractivity contribution >= 4 is 0 Å². The molecule has 8 fully saturated rings. The average molecular weight is 1330 g/mol. The lowest BCUT2D eigenvalue weighted by atomic mass is 9.67. The SMILES string of the molecule is CC(C)(c1cc(C(C)(C)c2ccc(OCC3CO3)cc2OCC2CO2)cc(C(C)(C)c2ccc(OC3CC(c4cccc5c4-c4ccccc4C5(c4ccc(OCC5CO5)cc4)c4ccc(OCC5CO5)cc4)O3)cc2OCC2CO2)c1)c1ccc(OCC2CO2)cc1OCC1CO1. The normalized spacial score (nSPS) is 25.0. The van der Waals surface area contributed by atoms with E-state index in [1.165, 1.54) is 22.3 Å². The first kappa shape index (κ1) is 63.3. The summed E-state index contributed by atoms with van der Waals surface area (Å²) in [6, 6.07) is 58.4. The van der Waals surface area contributed by atoms with Crippen molar-refractivity contribution in [3.8, 4) is 57.1 Å². The molecular formula is C82H84O16. The van der Waals surface area contributed by atoms with E-state index in [9.17, 15) is 0 Å². The second kappa shape index (κ2) is 25.5. The van der Waals surface area contributed by atoms with Crippen molar-refractivity contribution in [2.24, 2.45) is 0 Å². The van der Waals surface area contributed by atoms with Gasteiger partial charge in [-0.05, 0) is 98.1 Å². The van der Waals surface area contributed by atoms with Gasteiger partial charge in [0.05, 0.1) is 57.8 Å². The highest BCUT2D eigenvalue weighted by atomic mass is 16.7. The Morgan fingerprint density at radius 1 is 0.357 bits per heavy atom. The van der Waals surface area contributed by atoms with Gasteiger partial charge in [0.25, 0.3) is 0 Å². The quantitative estimate of drug-likeness (QED) is 0.0364. The Morgan fingerprint density at radius 2 is 0.694 bits per heavy atom. The van der Waals surface area contributed by atoms with Gasteiger partial charge in [-0.1, -0.05) is 145 Å². The molecule has 16 heteroatoms. The van der Waals surface area contributed by atoms with Gasteiger partial charge in [0.2, 0.25) is 6.29 Å². The van der Waals surface area contributed by atoms with E-state index in [0.29, 0.717) is 97.2 Å². The third-order valence-electron chi connectivity index (χ3n) is 20.8. The molecule has 0 bridgehead atoms. The summed E-state index contributed by atoms with van der Waals surface area (Å²) in [4.78, 5) is 0. The Bertz CT molecular complexity index is 4050. The molecule has 508 valence electrons. The molecule has 0 saturated carbocycles. The molecule has 9 aliphatic rings. The lowest BCUT2D eigenvalue weighted by Gasteiger charge is -2.38. The minimum Gasteiger partial charge on any atom is -0.491 e. The maximum Gasteiger partial charge on any atom is 0.203 e. The lowest BCUT2D eigenvalue weighted by molar-refractivity contribution is -0.220. The van der Waals surface area contributed by atoms with Gasteiger partial charge in [-0.3, -0.25) is 0 Å².